The lowest BCUT2D eigenvalue weighted by Gasteiger charge is -2.17. The minimum atomic E-state index is 0.224. The van der Waals surface area contributed by atoms with Crippen LogP contribution < -0.4 is 11.5 Å². The number of rotatable bonds is 3. The molecule has 3 atom stereocenters. The maximum Gasteiger partial charge on any atom is 0.0249 e. The van der Waals surface area contributed by atoms with E-state index in [0.29, 0.717) is 5.92 Å². The van der Waals surface area contributed by atoms with Gasteiger partial charge in [-0.05, 0) is 12.5 Å². The van der Waals surface area contributed by atoms with Crippen molar-refractivity contribution in [3.8, 4) is 0 Å². The van der Waals surface area contributed by atoms with E-state index < -0.39 is 0 Å². The Morgan fingerprint density at radius 1 is 1.31 bits per heavy atom. The summed E-state index contributed by atoms with van der Waals surface area (Å²) >= 11 is 0. The first-order valence-electron chi connectivity index (χ1n) is 5.95. The molecule has 1 aromatic carbocycles. The van der Waals surface area contributed by atoms with Crippen molar-refractivity contribution >= 4 is 0 Å². The van der Waals surface area contributed by atoms with Crippen LogP contribution in [0.15, 0.2) is 30.3 Å². The van der Waals surface area contributed by atoms with Crippen molar-refractivity contribution < 1.29 is 0 Å². The second-order valence-electron chi connectivity index (χ2n) is 4.88. The first-order valence-corrected chi connectivity index (χ1v) is 5.95. The van der Waals surface area contributed by atoms with Crippen molar-refractivity contribution in [3.63, 3.8) is 0 Å². The fraction of sp³-hybridized carbons (Fsp3) is 0.538. The van der Waals surface area contributed by atoms with Gasteiger partial charge in [0.05, 0.1) is 0 Å². The Morgan fingerprint density at radius 3 is 2.62 bits per heavy atom. The Labute approximate surface area is 97.4 Å². The van der Waals surface area contributed by atoms with Gasteiger partial charge in [0.15, 0.2) is 0 Å². The van der Waals surface area contributed by atoms with Crippen molar-refractivity contribution in [2.75, 3.05) is 19.6 Å². The molecule has 1 fully saturated rings. The highest BCUT2D eigenvalue weighted by Gasteiger charge is 2.31. The van der Waals surface area contributed by atoms with E-state index in [9.17, 15) is 0 Å². The molecule has 0 saturated carbocycles. The molecule has 0 aromatic heterocycles. The standard InChI is InChI=1S/C13H21N3/c1-10(14)7-16-8-12(13(15)9-16)11-5-3-2-4-6-11/h2-6,10,12-13H,7-9,14-15H2,1H3/t10?,12-,13+/m0/s1. The highest BCUT2D eigenvalue weighted by atomic mass is 15.2. The molecule has 3 heteroatoms. The largest absolute Gasteiger partial charge is 0.327 e. The normalized spacial score (nSPS) is 28.2. The maximum atomic E-state index is 6.19. The first-order chi connectivity index (χ1) is 7.66. The van der Waals surface area contributed by atoms with Crippen LogP contribution in [0.3, 0.4) is 0 Å². The molecule has 1 saturated heterocycles. The summed E-state index contributed by atoms with van der Waals surface area (Å²) in [7, 11) is 0. The minimum Gasteiger partial charge on any atom is -0.327 e. The van der Waals surface area contributed by atoms with Crippen LogP contribution >= 0.6 is 0 Å². The molecule has 0 amide bonds. The van der Waals surface area contributed by atoms with E-state index in [-0.39, 0.29) is 12.1 Å². The molecular weight excluding hydrogens is 198 g/mol. The summed E-state index contributed by atoms with van der Waals surface area (Å²) < 4.78 is 0. The second kappa shape index (κ2) is 4.95. The quantitative estimate of drug-likeness (QED) is 0.789. The lowest BCUT2D eigenvalue weighted by Crippen LogP contribution is -2.35. The molecular formula is C13H21N3. The number of likely N-dealkylation sites (tertiary alicyclic amines) is 1. The fourth-order valence-electron chi connectivity index (χ4n) is 2.52. The summed E-state index contributed by atoms with van der Waals surface area (Å²) in [6.07, 6.45) is 0. The molecule has 0 bridgehead atoms. The summed E-state index contributed by atoms with van der Waals surface area (Å²) in [6.45, 7) is 4.98. The third-order valence-electron chi connectivity index (χ3n) is 3.21. The molecule has 0 aliphatic carbocycles. The van der Waals surface area contributed by atoms with E-state index in [1.165, 1.54) is 5.56 Å². The molecule has 1 heterocycles. The Balaban J connectivity index is 2.03. The molecule has 0 radical (unpaired) electrons. The van der Waals surface area contributed by atoms with Crippen LogP contribution in [0.25, 0.3) is 0 Å². The van der Waals surface area contributed by atoms with Gasteiger partial charge in [-0.1, -0.05) is 30.3 Å². The van der Waals surface area contributed by atoms with Gasteiger partial charge >= 0.3 is 0 Å². The van der Waals surface area contributed by atoms with Crippen molar-refractivity contribution in [3.05, 3.63) is 35.9 Å². The van der Waals surface area contributed by atoms with Gasteiger partial charge in [0.25, 0.3) is 0 Å². The summed E-state index contributed by atoms with van der Waals surface area (Å²) in [5.41, 5.74) is 13.4. The van der Waals surface area contributed by atoms with Gasteiger partial charge < -0.3 is 11.5 Å². The van der Waals surface area contributed by atoms with E-state index in [2.05, 4.69) is 29.2 Å². The van der Waals surface area contributed by atoms with Crippen molar-refractivity contribution in [1.82, 2.24) is 4.90 Å². The van der Waals surface area contributed by atoms with Crippen LogP contribution in [0.4, 0.5) is 0 Å². The van der Waals surface area contributed by atoms with Gasteiger partial charge in [-0.3, -0.25) is 4.90 Å². The molecule has 16 heavy (non-hydrogen) atoms. The van der Waals surface area contributed by atoms with E-state index in [0.717, 1.165) is 19.6 Å². The van der Waals surface area contributed by atoms with Gasteiger partial charge in [0.1, 0.15) is 0 Å². The molecule has 88 valence electrons. The molecule has 4 N–H and O–H groups in total. The topological polar surface area (TPSA) is 55.3 Å². The first kappa shape index (κ1) is 11.6. The van der Waals surface area contributed by atoms with Gasteiger partial charge in [0, 0.05) is 37.6 Å². The summed E-state index contributed by atoms with van der Waals surface area (Å²) in [5.74, 6) is 0.458. The summed E-state index contributed by atoms with van der Waals surface area (Å²) in [6, 6.07) is 11.0. The highest BCUT2D eigenvalue weighted by molar-refractivity contribution is 5.23. The van der Waals surface area contributed by atoms with Crippen LogP contribution in [0.2, 0.25) is 0 Å². The third kappa shape index (κ3) is 2.61. The SMILES string of the molecule is CC(N)CN1C[C@@H](N)[C@H](c2ccccc2)C1. The molecule has 3 nitrogen and oxygen atoms in total. The molecule has 1 aromatic rings. The van der Waals surface area contributed by atoms with Gasteiger partial charge in [-0.15, -0.1) is 0 Å². The number of benzene rings is 1. The summed E-state index contributed by atoms with van der Waals surface area (Å²) in [5, 5.41) is 0. The van der Waals surface area contributed by atoms with E-state index in [1.807, 2.05) is 13.0 Å². The number of nitrogens with zero attached hydrogens (tertiary/aromatic N) is 1. The zero-order chi connectivity index (χ0) is 11.5. The van der Waals surface area contributed by atoms with Crippen LogP contribution in [-0.4, -0.2) is 36.6 Å². The minimum absolute atomic E-state index is 0.224. The predicted molar refractivity (Wildman–Crippen MR) is 67.2 cm³/mol. The molecule has 2 rings (SSSR count). The van der Waals surface area contributed by atoms with Crippen LogP contribution in [0, 0.1) is 0 Å². The lowest BCUT2D eigenvalue weighted by molar-refractivity contribution is 0.314. The van der Waals surface area contributed by atoms with E-state index >= 15 is 0 Å². The van der Waals surface area contributed by atoms with E-state index in [1.54, 1.807) is 0 Å². The van der Waals surface area contributed by atoms with Crippen LogP contribution in [-0.2, 0) is 0 Å². The number of hydrogen-bond donors (Lipinski definition) is 2. The Morgan fingerprint density at radius 2 is 2.00 bits per heavy atom. The van der Waals surface area contributed by atoms with Gasteiger partial charge in [-0.2, -0.15) is 0 Å². The monoisotopic (exact) mass is 219 g/mol. The average Bonchev–Trinajstić information content (AvgIpc) is 2.60. The molecule has 0 spiro atoms. The van der Waals surface area contributed by atoms with Crippen molar-refractivity contribution in [2.24, 2.45) is 11.5 Å². The average molecular weight is 219 g/mol. The molecule has 1 aliphatic rings. The van der Waals surface area contributed by atoms with Gasteiger partial charge in [-0.25, -0.2) is 0 Å². The van der Waals surface area contributed by atoms with Gasteiger partial charge in [0.2, 0.25) is 0 Å². The molecule has 1 unspecified atom stereocenters. The predicted octanol–water partition coefficient (Wildman–Crippen LogP) is 0.760. The van der Waals surface area contributed by atoms with E-state index in [4.69, 9.17) is 11.5 Å². The number of hydrogen-bond acceptors (Lipinski definition) is 3. The fourth-order valence-corrected chi connectivity index (χ4v) is 2.52. The Bertz CT molecular complexity index is 323. The smallest absolute Gasteiger partial charge is 0.0249 e. The number of nitrogens with two attached hydrogens (primary N) is 2. The maximum absolute atomic E-state index is 6.19. The highest BCUT2D eigenvalue weighted by Crippen LogP contribution is 2.26. The zero-order valence-corrected chi connectivity index (χ0v) is 9.84. The summed E-state index contributed by atoms with van der Waals surface area (Å²) in [4.78, 5) is 2.37. The van der Waals surface area contributed by atoms with Crippen LogP contribution in [0.1, 0.15) is 18.4 Å². The lowest BCUT2D eigenvalue weighted by atomic mass is 9.95. The molecule has 1 aliphatic heterocycles. The second-order valence-corrected chi connectivity index (χ2v) is 4.88. The Hall–Kier alpha value is -0.900. The zero-order valence-electron chi connectivity index (χ0n) is 9.84. The Kier molecular flexibility index (Phi) is 3.59. The van der Waals surface area contributed by atoms with Crippen molar-refractivity contribution in [2.45, 2.75) is 24.9 Å². The van der Waals surface area contributed by atoms with Crippen LogP contribution in [0.5, 0.6) is 0 Å². The van der Waals surface area contributed by atoms with Crippen molar-refractivity contribution in [1.29, 1.82) is 0 Å². The third-order valence-corrected chi connectivity index (χ3v) is 3.21.